The van der Waals surface area contributed by atoms with Crippen LogP contribution in [0.2, 0.25) is 0 Å². The molecule has 4 nitrogen and oxygen atoms in total. The van der Waals surface area contributed by atoms with Gasteiger partial charge in [-0.05, 0) is 46.5 Å². The normalized spacial score (nSPS) is 11.0. The molecule has 0 aromatic heterocycles. The number of nitriles is 4. The molecule has 0 N–H and O–H groups in total. The van der Waals surface area contributed by atoms with E-state index < -0.39 is 0 Å². The maximum Gasteiger partial charge on any atom is 0.0997 e. The second-order valence-electron chi connectivity index (χ2n) is 9.00. The Bertz CT molecular complexity index is 1630. The highest BCUT2D eigenvalue weighted by molar-refractivity contribution is 5.62. The van der Waals surface area contributed by atoms with E-state index in [2.05, 4.69) is 24.3 Å². The van der Waals surface area contributed by atoms with E-state index >= 15 is 0 Å². The second kappa shape index (κ2) is 18.6. The van der Waals surface area contributed by atoms with Gasteiger partial charge in [0.15, 0.2) is 0 Å². The van der Waals surface area contributed by atoms with Crippen LogP contribution in [0.15, 0.2) is 146 Å². The van der Waals surface area contributed by atoms with Crippen LogP contribution in [-0.2, 0) is 0 Å². The fourth-order valence-corrected chi connectivity index (χ4v) is 3.87. The van der Waals surface area contributed by atoms with Crippen molar-refractivity contribution >= 4 is 24.3 Å². The van der Waals surface area contributed by atoms with E-state index in [9.17, 15) is 0 Å². The molecule has 0 spiro atoms. The van der Waals surface area contributed by atoms with Crippen molar-refractivity contribution in [3.63, 3.8) is 0 Å². The molecule has 0 aliphatic carbocycles. The van der Waals surface area contributed by atoms with Gasteiger partial charge in [0.05, 0.1) is 46.5 Å². The van der Waals surface area contributed by atoms with Crippen molar-refractivity contribution in [3.8, 4) is 24.3 Å². The standard InChI is InChI=1S/2C20H14N2/c2*21-15-19-13-7-5-11-17(19)9-3-1-2-4-10-18-12-6-8-14-20(18)16-22/h2*1-14H/b2*2-1+,9-3+,10-4+. The first-order valence-corrected chi connectivity index (χ1v) is 13.7. The summed E-state index contributed by atoms with van der Waals surface area (Å²) in [5.74, 6) is 0. The van der Waals surface area contributed by atoms with E-state index in [0.717, 1.165) is 22.3 Å². The van der Waals surface area contributed by atoms with Gasteiger partial charge in [-0.25, -0.2) is 0 Å². The van der Waals surface area contributed by atoms with Crippen molar-refractivity contribution in [2.75, 3.05) is 0 Å². The van der Waals surface area contributed by atoms with Gasteiger partial charge in [0, 0.05) is 0 Å². The average molecular weight is 565 g/mol. The van der Waals surface area contributed by atoms with Crippen LogP contribution in [0.1, 0.15) is 44.5 Å². The fraction of sp³-hybridized carbons (Fsp3) is 0. The molecule has 208 valence electrons. The molecule has 0 heterocycles. The third kappa shape index (κ3) is 10.4. The molecular weight excluding hydrogens is 536 g/mol. The molecule has 0 amide bonds. The first-order chi connectivity index (χ1) is 21.7. The Balaban J connectivity index is 0.000000240. The van der Waals surface area contributed by atoms with Gasteiger partial charge < -0.3 is 0 Å². The van der Waals surface area contributed by atoms with Crippen LogP contribution in [0.25, 0.3) is 24.3 Å². The highest BCUT2D eigenvalue weighted by Crippen LogP contribution is 2.12. The number of hydrogen-bond donors (Lipinski definition) is 0. The summed E-state index contributed by atoms with van der Waals surface area (Å²) in [4.78, 5) is 0. The van der Waals surface area contributed by atoms with Gasteiger partial charge in [-0.15, -0.1) is 0 Å². The Kier molecular flexibility index (Phi) is 13.4. The van der Waals surface area contributed by atoms with Crippen LogP contribution in [0.5, 0.6) is 0 Å². The molecule has 0 atom stereocenters. The molecule has 0 bridgehead atoms. The lowest BCUT2D eigenvalue weighted by Crippen LogP contribution is -1.79. The number of allylic oxidation sites excluding steroid dienone is 8. The van der Waals surface area contributed by atoms with Gasteiger partial charge in [0.2, 0.25) is 0 Å². The summed E-state index contributed by atoms with van der Waals surface area (Å²) in [6, 6.07) is 38.5. The molecule has 4 aromatic rings. The summed E-state index contributed by atoms with van der Waals surface area (Å²) in [5, 5.41) is 36.0. The lowest BCUT2D eigenvalue weighted by molar-refractivity contribution is 1.47. The number of rotatable bonds is 8. The largest absolute Gasteiger partial charge is 0.192 e. The molecule has 0 radical (unpaired) electrons. The Morgan fingerprint density at radius 1 is 0.295 bits per heavy atom. The maximum atomic E-state index is 9.00. The van der Waals surface area contributed by atoms with Crippen LogP contribution in [-0.4, -0.2) is 0 Å². The molecule has 4 heteroatoms. The third-order valence-corrected chi connectivity index (χ3v) is 6.09. The van der Waals surface area contributed by atoms with Crippen LogP contribution >= 0.6 is 0 Å². The third-order valence-electron chi connectivity index (χ3n) is 6.09. The summed E-state index contributed by atoms with van der Waals surface area (Å²) < 4.78 is 0. The molecule has 0 unspecified atom stereocenters. The highest BCUT2D eigenvalue weighted by Gasteiger charge is 1.96. The van der Waals surface area contributed by atoms with E-state index in [4.69, 9.17) is 21.0 Å². The quantitative estimate of drug-likeness (QED) is 0.199. The van der Waals surface area contributed by atoms with Crippen molar-refractivity contribution < 1.29 is 0 Å². The first-order valence-electron chi connectivity index (χ1n) is 13.7. The highest BCUT2D eigenvalue weighted by atomic mass is 14.2. The summed E-state index contributed by atoms with van der Waals surface area (Å²) in [6.45, 7) is 0. The van der Waals surface area contributed by atoms with E-state index in [1.807, 2.05) is 146 Å². The van der Waals surface area contributed by atoms with E-state index in [0.29, 0.717) is 22.3 Å². The van der Waals surface area contributed by atoms with Crippen molar-refractivity contribution in [1.82, 2.24) is 0 Å². The molecular formula is C40H28N4. The van der Waals surface area contributed by atoms with E-state index in [1.54, 1.807) is 24.3 Å². The number of benzene rings is 4. The maximum absolute atomic E-state index is 9.00. The van der Waals surface area contributed by atoms with Crippen LogP contribution in [0.3, 0.4) is 0 Å². The van der Waals surface area contributed by atoms with Crippen molar-refractivity contribution in [3.05, 3.63) is 190 Å². The molecule has 0 saturated heterocycles. The Hall–Kier alpha value is -6.72. The second-order valence-corrected chi connectivity index (χ2v) is 9.00. The average Bonchev–Trinajstić information content (AvgIpc) is 3.08. The smallest absolute Gasteiger partial charge is 0.0997 e. The molecule has 0 aliphatic rings. The first kappa shape index (κ1) is 31.8. The lowest BCUT2D eigenvalue weighted by atomic mass is 10.1. The Labute approximate surface area is 259 Å². The van der Waals surface area contributed by atoms with Gasteiger partial charge in [-0.2, -0.15) is 21.0 Å². The predicted molar refractivity (Wildman–Crippen MR) is 179 cm³/mol. The van der Waals surface area contributed by atoms with Gasteiger partial charge in [-0.1, -0.05) is 146 Å². The van der Waals surface area contributed by atoms with Crippen LogP contribution in [0.4, 0.5) is 0 Å². The summed E-state index contributed by atoms with van der Waals surface area (Å²) in [5.41, 5.74) is 6.22. The van der Waals surface area contributed by atoms with Crippen molar-refractivity contribution in [1.29, 1.82) is 21.0 Å². The number of hydrogen-bond acceptors (Lipinski definition) is 4. The topological polar surface area (TPSA) is 95.2 Å². The Morgan fingerprint density at radius 3 is 0.705 bits per heavy atom. The fourth-order valence-electron chi connectivity index (χ4n) is 3.87. The van der Waals surface area contributed by atoms with Crippen LogP contribution < -0.4 is 0 Å². The predicted octanol–water partition coefficient (Wildman–Crippen LogP) is 9.43. The summed E-state index contributed by atoms with van der Waals surface area (Å²) in [6.07, 6.45) is 22.7. The van der Waals surface area contributed by atoms with Gasteiger partial charge in [0.1, 0.15) is 0 Å². The minimum Gasteiger partial charge on any atom is -0.192 e. The number of nitrogens with zero attached hydrogens (tertiary/aromatic N) is 4. The molecule has 4 aromatic carbocycles. The zero-order chi connectivity index (χ0) is 31.2. The molecule has 0 aliphatic heterocycles. The summed E-state index contributed by atoms with van der Waals surface area (Å²) in [7, 11) is 0. The monoisotopic (exact) mass is 564 g/mol. The zero-order valence-corrected chi connectivity index (χ0v) is 24.0. The Morgan fingerprint density at radius 2 is 0.500 bits per heavy atom. The van der Waals surface area contributed by atoms with Gasteiger partial charge in [-0.3, -0.25) is 0 Å². The molecule has 4 rings (SSSR count). The minimum absolute atomic E-state index is 0.658. The van der Waals surface area contributed by atoms with Crippen molar-refractivity contribution in [2.24, 2.45) is 0 Å². The molecule has 0 fully saturated rings. The van der Waals surface area contributed by atoms with E-state index in [-0.39, 0.29) is 0 Å². The molecule has 44 heavy (non-hydrogen) atoms. The summed E-state index contributed by atoms with van der Waals surface area (Å²) >= 11 is 0. The zero-order valence-electron chi connectivity index (χ0n) is 24.0. The molecule has 0 saturated carbocycles. The SMILES string of the molecule is N#Cc1ccccc1/C=C/C=C/C=C/c1ccccc1C#N.N#Cc1ccccc1/C=C/C=C/C=C/c1ccccc1C#N. The minimum atomic E-state index is 0.658. The van der Waals surface area contributed by atoms with Crippen LogP contribution in [0, 0.1) is 45.3 Å². The van der Waals surface area contributed by atoms with Gasteiger partial charge in [0.25, 0.3) is 0 Å². The van der Waals surface area contributed by atoms with Gasteiger partial charge >= 0.3 is 0 Å². The lowest BCUT2D eigenvalue weighted by Gasteiger charge is -1.95. The van der Waals surface area contributed by atoms with Crippen molar-refractivity contribution in [2.45, 2.75) is 0 Å². The van der Waals surface area contributed by atoms with E-state index in [1.165, 1.54) is 0 Å².